The van der Waals surface area contributed by atoms with Gasteiger partial charge < -0.3 is 9.47 Å². The lowest BCUT2D eigenvalue weighted by atomic mass is 9.89. The van der Waals surface area contributed by atoms with Crippen molar-refractivity contribution in [3.63, 3.8) is 0 Å². The molecule has 0 bridgehead atoms. The molecule has 0 aliphatic carbocycles. The Morgan fingerprint density at radius 1 is 1.03 bits per heavy atom. The molecule has 7 heteroatoms. The van der Waals surface area contributed by atoms with Gasteiger partial charge in [0.2, 0.25) is 0 Å². The van der Waals surface area contributed by atoms with Gasteiger partial charge in [0.05, 0.1) is 31.3 Å². The summed E-state index contributed by atoms with van der Waals surface area (Å²) in [6, 6.07) is 18.1. The topological polar surface area (TPSA) is 61.8 Å². The van der Waals surface area contributed by atoms with Crippen LogP contribution in [-0.4, -0.2) is 41.7 Å². The minimum absolute atomic E-state index is 0.0695. The van der Waals surface area contributed by atoms with Crippen LogP contribution < -0.4 is 9.92 Å². The molecule has 0 radical (unpaired) electrons. The monoisotopic (exact) mass is 434 g/mol. The molecule has 0 spiro atoms. The third kappa shape index (κ3) is 5.09. The van der Waals surface area contributed by atoms with Crippen LogP contribution in [0.25, 0.3) is 0 Å². The number of hydrogen-bond acceptors (Lipinski definition) is 5. The Bertz CT molecular complexity index is 912. The van der Waals surface area contributed by atoms with Crippen molar-refractivity contribution in [3.05, 3.63) is 60.2 Å². The summed E-state index contributed by atoms with van der Waals surface area (Å²) in [7, 11) is -3.97. The van der Waals surface area contributed by atoms with Crippen LogP contribution in [0.4, 0.5) is 0 Å². The summed E-state index contributed by atoms with van der Waals surface area (Å²) in [6.07, 6.45) is 1.01. The maximum Gasteiger partial charge on any atom is 0.264 e. The summed E-state index contributed by atoms with van der Waals surface area (Å²) in [5, 5.41) is 1.28. The summed E-state index contributed by atoms with van der Waals surface area (Å²) >= 11 is 0. The zero-order valence-corrected chi connectivity index (χ0v) is 19.5. The highest BCUT2D eigenvalue weighted by Crippen LogP contribution is 2.41. The van der Waals surface area contributed by atoms with Gasteiger partial charge in [-0.3, -0.25) is 4.18 Å². The average Bonchev–Trinajstić information content (AvgIpc) is 2.69. The molecule has 158 valence electrons. The number of rotatable bonds is 6. The zero-order valence-electron chi connectivity index (χ0n) is 17.7. The predicted octanol–water partition coefficient (Wildman–Crippen LogP) is 3.66. The second kappa shape index (κ2) is 8.59. The molecule has 2 aromatic rings. The molecule has 0 saturated carbocycles. The molecule has 0 amide bonds. The molecule has 29 heavy (non-hydrogen) atoms. The number of benzene rings is 2. The molecule has 5 nitrogen and oxygen atoms in total. The summed E-state index contributed by atoms with van der Waals surface area (Å²) in [5.74, 6) is 0.673. The van der Waals surface area contributed by atoms with Crippen molar-refractivity contribution in [3.8, 4) is 5.75 Å². The van der Waals surface area contributed by atoms with Gasteiger partial charge in [0, 0.05) is 5.92 Å². The Balaban J connectivity index is 1.96. The van der Waals surface area contributed by atoms with Gasteiger partial charge in [0.1, 0.15) is 13.8 Å². The van der Waals surface area contributed by atoms with E-state index in [1.165, 1.54) is 5.19 Å². The molecule has 4 atom stereocenters. The van der Waals surface area contributed by atoms with Gasteiger partial charge in [0.15, 0.2) is 0 Å². The van der Waals surface area contributed by atoms with Crippen LogP contribution in [0, 0.1) is 5.92 Å². The number of ether oxygens (including phenoxy) is 2. The van der Waals surface area contributed by atoms with Crippen molar-refractivity contribution in [1.82, 2.24) is 0 Å². The smallest absolute Gasteiger partial charge is 0.264 e. The summed E-state index contributed by atoms with van der Waals surface area (Å²) in [4.78, 5) is 0. The van der Waals surface area contributed by atoms with Crippen LogP contribution in [0.2, 0.25) is 13.1 Å². The number of hydrogen-bond donors (Lipinski definition) is 0. The van der Waals surface area contributed by atoms with Gasteiger partial charge in [-0.05, 0) is 24.1 Å². The lowest BCUT2D eigenvalue weighted by Crippen LogP contribution is -2.58. The van der Waals surface area contributed by atoms with Crippen molar-refractivity contribution in [2.24, 2.45) is 5.92 Å². The van der Waals surface area contributed by atoms with Crippen LogP contribution in [0.1, 0.15) is 25.0 Å². The molecule has 0 N–H and O–H groups in total. The van der Waals surface area contributed by atoms with E-state index >= 15 is 0 Å². The van der Waals surface area contributed by atoms with Gasteiger partial charge in [0.25, 0.3) is 10.1 Å². The Hall–Kier alpha value is -1.67. The summed E-state index contributed by atoms with van der Waals surface area (Å²) in [5.41, 5.74) is 0.933. The number of methoxy groups -OCH3 is 1. The second-order valence-corrected chi connectivity index (χ2v) is 14.6. The van der Waals surface area contributed by atoms with E-state index in [9.17, 15) is 8.42 Å². The predicted molar refractivity (Wildman–Crippen MR) is 118 cm³/mol. The lowest BCUT2D eigenvalue weighted by Gasteiger charge is -2.45. The maximum absolute atomic E-state index is 11.9. The molecule has 1 heterocycles. The van der Waals surface area contributed by atoms with Crippen molar-refractivity contribution < 1.29 is 22.1 Å². The second-order valence-electron chi connectivity index (χ2n) is 8.34. The van der Waals surface area contributed by atoms with Crippen LogP contribution >= 0.6 is 0 Å². The van der Waals surface area contributed by atoms with E-state index in [0.29, 0.717) is 6.42 Å². The Labute approximate surface area is 175 Å². The van der Waals surface area contributed by atoms with E-state index in [4.69, 9.17) is 13.7 Å². The third-order valence-corrected chi connectivity index (χ3v) is 10.3. The molecule has 0 aromatic heterocycles. The molecule has 1 fully saturated rings. The van der Waals surface area contributed by atoms with E-state index in [1.807, 2.05) is 49.4 Å². The van der Waals surface area contributed by atoms with Crippen molar-refractivity contribution in [1.29, 1.82) is 0 Å². The average molecular weight is 435 g/mol. The molecule has 1 aliphatic heterocycles. The summed E-state index contributed by atoms with van der Waals surface area (Å²) < 4.78 is 41.3. The Kier molecular flexibility index (Phi) is 6.53. The van der Waals surface area contributed by atoms with Crippen LogP contribution in [0.15, 0.2) is 54.6 Å². The maximum atomic E-state index is 11.9. The Morgan fingerprint density at radius 3 is 2.21 bits per heavy atom. The molecule has 3 rings (SSSR count). The van der Waals surface area contributed by atoms with E-state index < -0.39 is 24.3 Å². The van der Waals surface area contributed by atoms with Gasteiger partial charge in [-0.2, -0.15) is 8.42 Å². The van der Waals surface area contributed by atoms with Gasteiger partial charge in [-0.25, -0.2) is 0 Å². The first kappa shape index (κ1) is 22.0. The highest BCUT2D eigenvalue weighted by Gasteiger charge is 2.46. The van der Waals surface area contributed by atoms with Gasteiger partial charge >= 0.3 is 0 Å². The fraction of sp³-hybridized carbons (Fsp3) is 0.455. The van der Waals surface area contributed by atoms with Crippen LogP contribution in [0.3, 0.4) is 0 Å². The minimum Gasteiger partial charge on any atom is -0.497 e. The van der Waals surface area contributed by atoms with Crippen molar-refractivity contribution in [2.45, 2.75) is 44.4 Å². The van der Waals surface area contributed by atoms with E-state index in [-0.39, 0.29) is 17.7 Å². The SMILES string of the molecule is COc1ccc([C@H]2O[C@@H]([Si](C)(C)c3ccccc3)C[C@@H](OS(C)(=O)=O)[C@H]2C)cc1. The fourth-order valence-corrected chi connectivity index (χ4v) is 7.46. The van der Waals surface area contributed by atoms with Crippen LogP contribution in [0.5, 0.6) is 5.75 Å². The van der Waals surface area contributed by atoms with Crippen molar-refractivity contribution in [2.75, 3.05) is 13.4 Å². The lowest BCUT2D eigenvalue weighted by molar-refractivity contribution is -0.0978. The highest BCUT2D eigenvalue weighted by molar-refractivity contribution is 7.86. The fourth-order valence-electron chi connectivity index (χ4n) is 4.02. The normalized spacial score (nSPS) is 25.6. The van der Waals surface area contributed by atoms with E-state index in [2.05, 4.69) is 25.2 Å². The molecular weight excluding hydrogens is 404 g/mol. The first-order chi connectivity index (χ1) is 13.6. The molecular formula is C22H30O5SSi. The largest absolute Gasteiger partial charge is 0.497 e. The molecule has 2 aromatic carbocycles. The standard InChI is InChI=1S/C22H30O5SSi/c1-16-20(27-28(3,23)24)15-21(29(4,5)19-9-7-6-8-10-19)26-22(16)17-11-13-18(25-2)14-12-17/h6-14,16,20-22H,15H2,1-5H3/t16-,20-,21+,22+/m1/s1. The minimum atomic E-state index is -3.57. The quantitative estimate of drug-likeness (QED) is 0.513. The Morgan fingerprint density at radius 2 is 1.66 bits per heavy atom. The third-order valence-electron chi connectivity index (χ3n) is 5.89. The van der Waals surface area contributed by atoms with E-state index in [1.54, 1.807) is 7.11 Å². The first-order valence-electron chi connectivity index (χ1n) is 9.85. The van der Waals surface area contributed by atoms with Crippen molar-refractivity contribution >= 4 is 23.4 Å². The van der Waals surface area contributed by atoms with Gasteiger partial charge in [-0.1, -0.05) is 67.7 Å². The first-order valence-corrected chi connectivity index (χ1v) is 14.7. The highest BCUT2D eigenvalue weighted by atomic mass is 32.2. The molecule has 1 aliphatic rings. The molecule has 1 saturated heterocycles. The molecule has 0 unspecified atom stereocenters. The zero-order chi connectivity index (χ0) is 21.2. The van der Waals surface area contributed by atoms with E-state index in [0.717, 1.165) is 17.6 Å². The summed E-state index contributed by atoms with van der Waals surface area (Å²) in [6.45, 7) is 6.54. The van der Waals surface area contributed by atoms with Crippen LogP contribution in [-0.2, 0) is 19.0 Å². The van der Waals surface area contributed by atoms with Gasteiger partial charge in [-0.15, -0.1) is 0 Å².